The molecule has 0 aliphatic rings. The smallest absolute Gasteiger partial charge is 0.244 e. The molecule has 0 radical (unpaired) electrons. The normalized spacial score (nSPS) is 11.9. The Morgan fingerprint density at radius 1 is 1.10 bits per heavy atom. The van der Waals surface area contributed by atoms with Gasteiger partial charge in [0.15, 0.2) is 0 Å². The van der Waals surface area contributed by atoms with Gasteiger partial charge in [0.2, 0.25) is 10.0 Å². The number of benzene rings is 2. The number of hydrogen-bond donors (Lipinski definition) is 0. The summed E-state index contributed by atoms with van der Waals surface area (Å²) in [7, 11) is -0.188. The van der Waals surface area contributed by atoms with E-state index in [0.717, 1.165) is 27.5 Å². The van der Waals surface area contributed by atoms with Crippen LogP contribution in [-0.2, 0) is 23.6 Å². The molecule has 4 aromatic rings. The lowest BCUT2D eigenvalue weighted by Gasteiger charge is -2.17. The maximum atomic E-state index is 13.3. The van der Waals surface area contributed by atoms with Gasteiger partial charge in [-0.3, -0.25) is 0 Å². The summed E-state index contributed by atoms with van der Waals surface area (Å²) in [6.07, 6.45) is 0. The highest BCUT2D eigenvalue weighted by molar-refractivity contribution is 7.89. The fourth-order valence-electron chi connectivity index (χ4n) is 3.40. The third-order valence-corrected chi connectivity index (χ3v) is 8.29. The Kier molecular flexibility index (Phi) is 6.03. The molecule has 0 fully saturated rings. The van der Waals surface area contributed by atoms with Crippen molar-refractivity contribution in [3.8, 4) is 22.0 Å². The van der Waals surface area contributed by atoms with Gasteiger partial charge in [0, 0.05) is 42.3 Å². The maximum absolute atomic E-state index is 13.3. The Bertz CT molecular complexity index is 1330. The Morgan fingerprint density at radius 3 is 2.55 bits per heavy atom. The van der Waals surface area contributed by atoms with Crippen LogP contribution >= 0.6 is 22.9 Å². The van der Waals surface area contributed by atoms with Gasteiger partial charge in [0.25, 0.3) is 0 Å². The van der Waals surface area contributed by atoms with Gasteiger partial charge in [-0.05, 0) is 30.7 Å². The van der Waals surface area contributed by atoms with Crippen LogP contribution in [0.25, 0.3) is 22.0 Å². The monoisotopic (exact) mass is 471 g/mol. The Balaban J connectivity index is 1.67. The van der Waals surface area contributed by atoms with E-state index in [1.54, 1.807) is 13.1 Å². The van der Waals surface area contributed by atoms with Crippen LogP contribution in [0.5, 0.6) is 0 Å². The third-order valence-electron chi connectivity index (χ3n) is 5.27. The van der Waals surface area contributed by atoms with Gasteiger partial charge < -0.3 is 4.57 Å². The molecular weight excluding hydrogens is 450 g/mol. The van der Waals surface area contributed by atoms with Gasteiger partial charge in [0.05, 0.1) is 11.4 Å². The van der Waals surface area contributed by atoms with Crippen molar-refractivity contribution in [1.82, 2.24) is 13.9 Å². The summed E-state index contributed by atoms with van der Waals surface area (Å²) in [5, 5.41) is 3.36. The van der Waals surface area contributed by atoms with Crippen LogP contribution in [0.4, 0.5) is 0 Å². The van der Waals surface area contributed by atoms with E-state index in [1.807, 2.05) is 78.5 Å². The van der Waals surface area contributed by atoms with Gasteiger partial charge >= 0.3 is 0 Å². The second-order valence-corrected chi connectivity index (χ2v) is 10.6. The molecule has 2 aromatic carbocycles. The molecule has 8 heteroatoms. The average molecular weight is 472 g/mol. The van der Waals surface area contributed by atoms with Gasteiger partial charge in [0.1, 0.15) is 9.90 Å². The van der Waals surface area contributed by atoms with E-state index in [2.05, 4.69) is 0 Å². The third kappa shape index (κ3) is 4.32. The zero-order chi connectivity index (χ0) is 22.2. The van der Waals surface area contributed by atoms with Gasteiger partial charge in [-0.2, -0.15) is 4.31 Å². The van der Waals surface area contributed by atoms with Crippen LogP contribution in [0, 0.1) is 6.92 Å². The fraction of sp³-hybridized carbons (Fsp3) is 0.174. The molecule has 0 saturated heterocycles. The first-order chi connectivity index (χ1) is 14.8. The number of nitrogens with zero attached hydrogens (tertiary/aromatic N) is 3. The molecule has 5 nitrogen and oxygen atoms in total. The summed E-state index contributed by atoms with van der Waals surface area (Å²) >= 11 is 7.58. The predicted octanol–water partition coefficient (Wildman–Crippen LogP) is 5.60. The lowest BCUT2D eigenvalue weighted by Crippen LogP contribution is -2.26. The molecule has 0 bridgehead atoms. The lowest BCUT2D eigenvalue weighted by molar-refractivity contribution is 0.466. The van der Waals surface area contributed by atoms with Gasteiger partial charge in [-0.1, -0.05) is 54.1 Å². The van der Waals surface area contributed by atoms with E-state index >= 15 is 0 Å². The van der Waals surface area contributed by atoms with Crippen LogP contribution in [0.1, 0.15) is 11.3 Å². The molecule has 2 aromatic heterocycles. The van der Waals surface area contributed by atoms with E-state index in [1.165, 1.54) is 15.6 Å². The fourth-order valence-corrected chi connectivity index (χ4v) is 5.90. The van der Waals surface area contributed by atoms with Crippen molar-refractivity contribution in [2.75, 3.05) is 7.05 Å². The first-order valence-corrected chi connectivity index (χ1v) is 12.4. The van der Waals surface area contributed by atoms with E-state index in [9.17, 15) is 8.42 Å². The summed E-state index contributed by atoms with van der Waals surface area (Å²) in [5.41, 5.74) is 4.12. The van der Waals surface area contributed by atoms with Gasteiger partial charge in [-0.25, -0.2) is 13.4 Å². The summed E-state index contributed by atoms with van der Waals surface area (Å²) < 4.78 is 29.9. The van der Waals surface area contributed by atoms with Crippen LogP contribution in [0.3, 0.4) is 0 Å². The van der Waals surface area contributed by atoms with Crippen molar-refractivity contribution < 1.29 is 8.42 Å². The molecule has 0 spiro atoms. The van der Waals surface area contributed by atoms with Crippen molar-refractivity contribution in [3.63, 3.8) is 0 Å². The molecule has 31 heavy (non-hydrogen) atoms. The highest BCUT2D eigenvalue weighted by atomic mass is 35.5. The highest BCUT2D eigenvalue weighted by Crippen LogP contribution is 2.34. The molecule has 0 unspecified atom stereocenters. The largest absolute Gasteiger partial charge is 0.345 e. The summed E-state index contributed by atoms with van der Waals surface area (Å²) in [6, 6.07) is 18.8. The van der Waals surface area contributed by atoms with Crippen molar-refractivity contribution in [1.29, 1.82) is 0 Å². The molecule has 160 valence electrons. The van der Waals surface area contributed by atoms with Crippen LogP contribution in [0.15, 0.2) is 70.9 Å². The number of sulfonamides is 1. The molecule has 0 aliphatic carbocycles. The topological polar surface area (TPSA) is 55.2 Å². The second kappa shape index (κ2) is 8.59. The molecule has 0 aliphatic heterocycles. The van der Waals surface area contributed by atoms with Crippen molar-refractivity contribution in [2.24, 2.45) is 7.05 Å². The second-order valence-electron chi connectivity index (χ2n) is 7.33. The highest BCUT2D eigenvalue weighted by Gasteiger charge is 2.27. The van der Waals surface area contributed by atoms with E-state index in [0.29, 0.717) is 22.2 Å². The van der Waals surface area contributed by atoms with E-state index in [-0.39, 0.29) is 0 Å². The van der Waals surface area contributed by atoms with Crippen LogP contribution < -0.4 is 0 Å². The molecule has 0 atom stereocenters. The van der Waals surface area contributed by atoms with Crippen molar-refractivity contribution in [2.45, 2.75) is 18.4 Å². The quantitative estimate of drug-likeness (QED) is 0.368. The van der Waals surface area contributed by atoms with Crippen molar-refractivity contribution in [3.05, 3.63) is 82.3 Å². The standard InChI is InChI=1S/C23H22ClN3O2S2/c1-16-22(31(28,29)26(2)14-17-8-5-4-6-9-17)13-21(27(16)3)23-25-20(15-30-23)18-10-7-11-19(24)12-18/h4-13,15H,14H2,1-3H3. The SMILES string of the molecule is Cc1c(S(=O)(=O)N(C)Cc2ccccc2)cc(-c2nc(-c3cccc(Cl)c3)cs2)n1C. The average Bonchev–Trinajstić information content (AvgIpc) is 3.34. The van der Waals surface area contributed by atoms with E-state index < -0.39 is 10.0 Å². The summed E-state index contributed by atoms with van der Waals surface area (Å²) in [5.74, 6) is 0. The van der Waals surface area contributed by atoms with E-state index in [4.69, 9.17) is 16.6 Å². The minimum atomic E-state index is -3.66. The zero-order valence-corrected chi connectivity index (χ0v) is 19.8. The molecule has 0 saturated carbocycles. The lowest BCUT2D eigenvalue weighted by atomic mass is 10.2. The molecule has 0 amide bonds. The summed E-state index contributed by atoms with van der Waals surface area (Å²) in [4.78, 5) is 5.03. The number of thiazole rings is 1. The molecule has 4 rings (SSSR count). The van der Waals surface area contributed by atoms with Crippen LogP contribution in [0.2, 0.25) is 5.02 Å². The molecule has 0 N–H and O–H groups in total. The number of halogens is 1. The number of aromatic nitrogens is 2. The Morgan fingerprint density at radius 2 is 1.84 bits per heavy atom. The first kappa shape index (κ1) is 21.8. The predicted molar refractivity (Wildman–Crippen MR) is 127 cm³/mol. The number of hydrogen-bond acceptors (Lipinski definition) is 4. The Hall–Kier alpha value is -2.45. The number of rotatable bonds is 6. The maximum Gasteiger partial charge on any atom is 0.244 e. The van der Waals surface area contributed by atoms with Gasteiger partial charge in [-0.15, -0.1) is 11.3 Å². The molecule has 2 heterocycles. The van der Waals surface area contributed by atoms with Crippen LogP contribution in [-0.4, -0.2) is 29.3 Å². The molecular formula is C23H22ClN3O2S2. The minimum Gasteiger partial charge on any atom is -0.345 e. The minimum absolute atomic E-state index is 0.294. The zero-order valence-electron chi connectivity index (χ0n) is 17.4. The summed E-state index contributed by atoms with van der Waals surface area (Å²) in [6.45, 7) is 2.13. The first-order valence-electron chi connectivity index (χ1n) is 9.66. The van der Waals surface area contributed by atoms with Crippen molar-refractivity contribution >= 4 is 33.0 Å². The Labute approximate surface area is 191 Å².